The topological polar surface area (TPSA) is 241 Å². The van der Waals surface area contributed by atoms with Crippen LogP contribution in [0.15, 0.2) is 12.7 Å². The van der Waals surface area contributed by atoms with Crippen molar-refractivity contribution in [3.05, 3.63) is 12.7 Å². The summed E-state index contributed by atoms with van der Waals surface area (Å²) in [6.07, 6.45) is -3.48. The molecule has 2 aromatic heterocycles. The molecule has 20 heteroatoms. The van der Waals surface area contributed by atoms with E-state index < -0.39 is 46.8 Å². The van der Waals surface area contributed by atoms with Gasteiger partial charge in [0.15, 0.2) is 17.7 Å². The smallest absolute Gasteiger partial charge is 0.790 e. The zero-order valence-electron chi connectivity index (χ0n) is 16.1. The van der Waals surface area contributed by atoms with Crippen molar-refractivity contribution in [3.63, 3.8) is 0 Å². The van der Waals surface area contributed by atoms with Crippen LogP contribution in [0.3, 0.4) is 0 Å². The number of phosphoric acid groups is 2. The van der Waals surface area contributed by atoms with Crippen LogP contribution in [0.4, 0.5) is 5.82 Å². The Kier molecular flexibility index (Phi) is 15.2. The third-order valence-electron chi connectivity index (χ3n) is 3.60. The van der Waals surface area contributed by atoms with E-state index in [4.69, 9.17) is 10.5 Å². The summed E-state index contributed by atoms with van der Waals surface area (Å²) in [4.78, 5) is 43.7. The van der Waals surface area contributed by atoms with Gasteiger partial charge in [-0.25, -0.2) is 15.0 Å². The standard InChI is InChI=1S/C10H15N5O10P2.3K/c11-8-5-9(13-2-12-8)15(3-14-5)10-7(17)6(16)4(24-10)1-23-27(21,22)25-26(18,19)20;;;/h2-4,6-7,10,16-17H,1H2,(H,21,22)(H2,11,12,13)(H2,18,19,20);;;/q;3*+1/p-3/t4-,6-,7-,10-;;;/m1.../s1. The molecule has 1 unspecified atom stereocenters. The zero-order valence-corrected chi connectivity index (χ0v) is 27.3. The molecule has 0 aromatic carbocycles. The Balaban J connectivity index is 0.00000280. The van der Waals surface area contributed by atoms with Gasteiger partial charge in [-0.05, 0) is 0 Å². The largest absolute Gasteiger partial charge is 1.00 e. The number of imidazole rings is 1. The minimum atomic E-state index is -5.85. The van der Waals surface area contributed by atoms with Crippen LogP contribution in [0.2, 0.25) is 0 Å². The number of aliphatic hydroxyl groups excluding tert-OH is 2. The molecule has 4 N–H and O–H groups in total. The van der Waals surface area contributed by atoms with E-state index in [1.807, 2.05) is 0 Å². The molecule has 15 nitrogen and oxygen atoms in total. The molecule has 1 aliphatic heterocycles. The number of nitrogens with two attached hydrogens (primary N) is 1. The van der Waals surface area contributed by atoms with Crippen LogP contribution in [-0.2, 0) is 22.7 Å². The molecule has 0 bridgehead atoms. The van der Waals surface area contributed by atoms with Crippen LogP contribution in [0.1, 0.15) is 6.23 Å². The van der Waals surface area contributed by atoms with E-state index >= 15 is 0 Å². The number of nitrogens with zero attached hydrogens (tertiary/aromatic N) is 4. The zero-order chi connectivity index (χ0) is 20.0. The average molecular weight is 541 g/mol. The first-order chi connectivity index (χ1) is 12.5. The maximum absolute atomic E-state index is 11.3. The SMILES string of the molecule is Nc1ncnc2c1ncn2[C@@H]1O[C@H](COP(=O)([O-])OP(=O)([O-])[O-])[C@@H](O)[C@H]1O.[K+].[K+].[K+]. The second kappa shape index (κ2) is 13.6. The maximum Gasteiger partial charge on any atom is 1.00 e. The molecule has 0 aliphatic carbocycles. The third kappa shape index (κ3) is 8.51. The molecular weight excluding hydrogens is 529 g/mol. The molecule has 0 radical (unpaired) electrons. The van der Waals surface area contributed by atoms with Gasteiger partial charge in [0.25, 0.3) is 7.82 Å². The van der Waals surface area contributed by atoms with Gasteiger partial charge in [-0.2, -0.15) is 0 Å². The fourth-order valence-electron chi connectivity index (χ4n) is 2.46. The monoisotopic (exact) mass is 541 g/mol. The fourth-order valence-corrected chi connectivity index (χ4v) is 3.96. The molecule has 2 aromatic rings. The van der Waals surface area contributed by atoms with Gasteiger partial charge in [-0.3, -0.25) is 13.4 Å². The summed E-state index contributed by atoms with van der Waals surface area (Å²) in [5.74, 6) is 0.0655. The summed E-state index contributed by atoms with van der Waals surface area (Å²) in [6.45, 7) is -0.931. The Morgan fingerprint density at radius 1 is 1.13 bits per heavy atom. The van der Waals surface area contributed by atoms with E-state index in [0.29, 0.717) is 0 Å². The number of hydrogen-bond acceptors (Lipinski definition) is 14. The number of ether oxygens (including phenoxy) is 1. The quantitative estimate of drug-likeness (QED) is 0.227. The maximum atomic E-state index is 11.3. The van der Waals surface area contributed by atoms with Crippen LogP contribution in [-0.4, -0.2) is 54.7 Å². The number of nitrogen functional groups attached to an aromatic ring is 1. The van der Waals surface area contributed by atoms with E-state index in [-0.39, 0.29) is 171 Å². The van der Waals surface area contributed by atoms with Crippen molar-refractivity contribution in [3.8, 4) is 0 Å². The van der Waals surface area contributed by atoms with Crippen LogP contribution < -0.4 is 175 Å². The summed E-state index contributed by atoms with van der Waals surface area (Å²) in [5, 5.41) is 20.2. The van der Waals surface area contributed by atoms with Gasteiger partial charge in [-0.1, -0.05) is 0 Å². The molecule has 0 amide bonds. The van der Waals surface area contributed by atoms with Crippen molar-refractivity contribution < 1.29 is 202 Å². The van der Waals surface area contributed by atoms with Gasteiger partial charge in [0, 0.05) is 0 Å². The summed E-state index contributed by atoms with van der Waals surface area (Å²) in [7, 11) is -11.4. The van der Waals surface area contributed by atoms with E-state index in [1.54, 1.807) is 0 Å². The third-order valence-corrected chi connectivity index (χ3v) is 5.66. The van der Waals surface area contributed by atoms with Crippen molar-refractivity contribution in [2.24, 2.45) is 0 Å². The second-order valence-electron chi connectivity index (χ2n) is 5.40. The van der Waals surface area contributed by atoms with Crippen LogP contribution in [0.25, 0.3) is 11.2 Å². The first kappa shape index (κ1) is 33.4. The number of phosphoric ester groups is 1. The molecule has 1 fully saturated rings. The number of aromatic nitrogens is 4. The molecule has 0 spiro atoms. The van der Waals surface area contributed by atoms with E-state index in [9.17, 15) is 34.0 Å². The molecule has 150 valence electrons. The van der Waals surface area contributed by atoms with E-state index in [1.165, 1.54) is 10.9 Å². The van der Waals surface area contributed by atoms with E-state index in [0.717, 1.165) is 6.33 Å². The second-order valence-corrected chi connectivity index (χ2v) is 8.10. The minimum Gasteiger partial charge on any atom is -0.790 e. The van der Waals surface area contributed by atoms with Gasteiger partial charge >= 0.3 is 154 Å². The van der Waals surface area contributed by atoms with Crippen molar-refractivity contribution in [2.45, 2.75) is 24.5 Å². The summed E-state index contributed by atoms with van der Waals surface area (Å²) in [5.41, 5.74) is 6.04. The van der Waals surface area contributed by atoms with Gasteiger partial charge in [0.2, 0.25) is 0 Å². The fraction of sp³-hybridized carbons (Fsp3) is 0.500. The number of rotatable bonds is 6. The Labute approximate surface area is 297 Å². The molecule has 3 heterocycles. The summed E-state index contributed by atoms with van der Waals surface area (Å²) >= 11 is 0. The Morgan fingerprint density at radius 3 is 2.37 bits per heavy atom. The van der Waals surface area contributed by atoms with Gasteiger partial charge in [-0.15, -0.1) is 0 Å². The predicted molar refractivity (Wildman–Crippen MR) is 77.9 cm³/mol. The van der Waals surface area contributed by atoms with Gasteiger partial charge < -0.3 is 44.5 Å². The first-order valence-corrected chi connectivity index (χ1v) is 10.0. The number of fused-ring (bicyclic) bond motifs is 1. The number of aliphatic hydroxyl groups is 2. The number of hydrogen-bond donors (Lipinski definition) is 3. The van der Waals surface area contributed by atoms with Crippen molar-refractivity contribution >= 4 is 32.6 Å². The molecule has 3 rings (SSSR count). The van der Waals surface area contributed by atoms with Crippen molar-refractivity contribution in [2.75, 3.05) is 12.3 Å². The molecule has 1 saturated heterocycles. The van der Waals surface area contributed by atoms with Crippen molar-refractivity contribution in [1.29, 1.82) is 0 Å². The summed E-state index contributed by atoms with van der Waals surface area (Å²) < 4.78 is 35.7. The Morgan fingerprint density at radius 2 is 1.77 bits per heavy atom. The Hall–Kier alpha value is 3.40. The minimum absolute atomic E-state index is 0. The van der Waals surface area contributed by atoms with Gasteiger partial charge in [0.05, 0.1) is 20.8 Å². The van der Waals surface area contributed by atoms with Crippen LogP contribution in [0, 0.1) is 0 Å². The first-order valence-electron chi connectivity index (χ1n) is 7.12. The molecule has 5 atom stereocenters. The molecule has 1 aliphatic rings. The summed E-state index contributed by atoms with van der Waals surface area (Å²) in [6, 6.07) is 0. The Bertz CT molecular complexity index is 946. The van der Waals surface area contributed by atoms with Crippen molar-refractivity contribution in [1.82, 2.24) is 19.5 Å². The normalized spacial score (nSPS) is 25.6. The molecular formula is C10H12K3N5O10P2. The number of anilines is 1. The predicted octanol–water partition coefficient (Wildman–Crippen LogP) is -12.6. The average Bonchev–Trinajstić information content (AvgIpc) is 3.07. The van der Waals surface area contributed by atoms with Crippen LogP contribution >= 0.6 is 15.6 Å². The molecule has 0 saturated carbocycles. The molecule has 30 heavy (non-hydrogen) atoms. The van der Waals surface area contributed by atoms with Crippen LogP contribution in [0.5, 0.6) is 0 Å². The van der Waals surface area contributed by atoms with Gasteiger partial charge in [0.1, 0.15) is 30.2 Å². The van der Waals surface area contributed by atoms with E-state index in [2.05, 4.69) is 23.8 Å².